The summed E-state index contributed by atoms with van der Waals surface area (Å²) in [4.78, 5) is 12.1. The van der Waals surface area contributed by atoms with Gasteiger partial charge in [0.15, 0.2) is 11.5 Å². The monoisotopic (exact) mass is 679 g/mol. The van der Waals surface area contributed by atoms with Crippen molar-refractivity contribution >= 4 is 5.97 Å². The maximum absolute atomic E-state index is 12.1. The second-order valence-electron chi connectivity index (χ2n) is 13.7. The van der Waals surface area contributed by atoms with Crippen molar-refractivity contribution in [3.8, 4) is 39.9 Å². The Bertz CT molecular complexity index is 1880. The number of rotatable bonds is 11. The minimum Gasteiger partial charge on any atom is -0.508 e. The Balaban J connectivity index is 1.29. The predicted octanol–water partition coefficient (Wildman–Crippen LogP) is 7.17. The summed E-state index contributed by atoms with van der Waals surface area (Å²) in [7, 11) is 3.13. The number of aliphatic hydroxyl groups is 1. The molecule has 4 aromatic rings. The molecular weight excluding hydrogens is 634 g/mol. The van der Waals surface area contributed by atoms with Crippen molar-refractivity contribution in [3.63, 3.8) is 0 Å². The molecule has 9 nitrogen and oxygen atoms in total. The number of aliphatic hydroxyl groups excluding tert-OH is 1. The van der Waals surface area contributed by atoms with E-state index in [2.05, 4.69) is 23.5 Å². The van der Waals surface area contributed by atoms with Gasteiger partial charge in [-0.3, -0.25) is 4.79 Å². The molecule has 7 rings (SSSR count). The fourth-order valence-corrected chi connectivity index (χ4v) is 8.34. The van der Waals surface area contributed by atoms with E-state index in [4.69, 9.17) is 18.9 Å². The molecule has 2 aliphatic carbocycles. The quantitative estimate of drug-likeness (QED) is 0.122. The third kappa shape index (κ3) is 6.36. The number of benzene rings is 4. The van der Waals surface area contributed by atoms with Crippen LogP contribution in [0.5, 0.6) is 28.7 Å². The molecule has 4 aromatic carbocycles. The van der Waals surface area contributed by atoms with E-state index in [-0.39, 0.29) is 42.6 Å². The average molecular weight is 680 g/mol. The van der Waals surface area contributed by atoms with Gasteiger partial charge in [0.2, 0.25) is 0 Å². The Morgan fingerprint density at radius 1 is 0.960 bits per heavy atom. The smallest absolute Gasteiger partial charge is 0.302 e. The highest BCUT2D eigenvalue weighted by Gasteiger charge is 2.41. The summed E-state index contributed by atoms with van der Waals surface area (Å²) >= 11 is 0. The molecule has 262 valence electrons. The van der Waals surface area contributed by atoms with Crippen LogP contribution in [0.1, 0.15) is 89.6 Å². The van der Waals surface area contributed by atoms with Crippen molar-refractivity contribution in [2.45, 2.75) is 76.7 Å². The van der Waals surface area contributed by atoms with Crippen molar-refractivity contribution in [3.05, 3.63) is 99.6 Å². The second-order valence-corrected chi connectivity index (χ2v) is 13.7. The molecule has 3 aliphatic rings. The molecule has 0 spiro atoms. The Labute approximate surface area is 292 Å². The van der Waals surface area contributed by atoms with Crippen LogP contribution >= 0.6 is 0 Å². The molecule has 4 N–H and O–H groups in total. The highest BCUT2D eigenvalue weighted by molar-refractivity contribution is 5.82. The van der Waals surface area contributed by atoms with Crippen molar-refractivity contribution in [1.29, 1.82) is 0 Å². The van der Waals surface area contributed by atoms with E-state index in [1.165, 1.54) is 26.9 Å². The largest absolute Gasteiger partial charge is 0.508 e. The fourth-order valence-electron chi connectivity index (χ4n) is 8.34. The maximum Gasteiger partial charge on any atom is 0.302 e. The number of methoxy groups -OCH3 is 2. The normalized spacial score (nSPS) is 18.5. The van der Waals surface area contributed by atoms with Crippen LogP contribution in [0.2, 0.25) is 0 Å². The summed E-state index contributed by atoms with van der Waals surface area (Å²) in [5.74, 6) is 1.65. The third-order valence-corrected chi connectivity index (χ3v) is 10.7. The SMILES string of the molecule is COc1cc([C@H]2Oc3c(ccc4c3CCc3cc(O)cc(OC)c3-4)[C@@H]2COC(C)=O)c(CN[C@@H](c2cccc(CO)c2)C2CCCC2)cc1O. The molecule has 1 fully saturated rings. The number of aryl methyl sites for hydroxylation is 1. The first-order valence-corrected chi connectivity index (χ1v) is 17.5. The highest BCUT2D eigenvalue weighted by atomic mass is 16.5. The Hall–Kier alpha value is -4.73. The summed E-state index contributed by atoms with van der Waals surface area (Å²) < 4.78 is 24.0. The van der Waals surface area contributed by atoms with Crippen molar-refractivity contribution < 1.29 is 39.1 Å². The molecule has 0 unspecified atom stereocenters. The maximum atomic E-state index is 12.1. The van der Waals surface area contributed by atoms with Gasteiger partial charge in [0.05, 0.1) is 26.7 Å². The average Bonchev–Trinajstić information content (AvgIpc) is 3.79. The molecule has 1 aliphatic heterocycles. The van der Waals surface area contributed by atoms with Gasteiger partial charge in [-0.05, 0) is 77.6 Å². The van der Waals surface area contributed by atoms with Gasteiger partial charge in [-0.25, -0.2) is 0 Å². The number of nitrogens with one attached hydrogen (secondary N) is 1. The number of carbonyl (C=O) groups is 1. The second kappa shape index (κ2) is 14.2. The molecule has 1 heterocycles. The number of hydrogen-bond acceptors (Lipinski definition) is 9. The number of carbonyl (C=O) groups excluding carboxylic acids is 1. The van der Waals surface area contributed by atoms with Crippen molar-refractivity contribution in [1.82, 2.24) is 5.32 Å². The summed E-state index contributed by atoms with van der Waals surface area (Å²) in [6.45, 7) is 1.95. The first-order valence-electron chi connectivity index (χ1n) is 17.5. The molecular formula is C41H45NO8. The summed E-state index contributed by atoms with van der Waals surface area (Å²) in [5.41, 5.74) is 8.64. The van der Waals surface area contributed by atoms with E-state index >= 15 is 0 Å². The number of fused-ring (bicyclic) bond motifs is 5. The van der Waals surface area contributed by atoms with Crippen molar-refractivity contribution in [2.24, 2.45) is 5.92 Å². The lowest BCUT2D eigenvalue weighted by atomic mass is 9.81. The van der Waals surface area contributed by atoms with Crippen LogP contribution < -0.4 is 19.5 Å². The zero-order chi connectivity index (χ0) is 34.9. The van der Waals surface area contributed by atoms with Gasteiger partial charge in [-0.1, -0.05) is 49.2 Å². The van der Waals surface area contributed by atoms with Crippen molar-refractivity contribution in [2.75, 3.05) is 20.8 Å². The fraction of sp³-hybridized carbons (Fsp3) is 0.390. The van der Waals surface area contributed by atoms with Gasteiger partial charge in [0.25, 0.3) is 0 Å². The minimum atomic E-state index is -0.534. The molecule has 1 saturated carbocycles. The summed E-state index contributed by atoms with van der Waals surface area (Å²) in [6.07, 6.45) is 5.48. The van der Waals surface area contributed by atoms with Gasteiger partial charge >= 0.3 is 5.97 Å². The molecule has 0 radical (unpaired) electrons. The number of phenols is 2. The summed E-state index contributed by atoms with van der Waals surface area (Å²) in [6, 6.07) is 19.3. The highest BCUT2D eigenvalue weighted by Crippen LogP contribution is 2.54. The Kier molecular flexibility index (Phi) is 9.62. The lowest BCUT2D eigenvalue weighted by molar-refractivity contribution is -0.141. The van der Waals surface area contributed by atoms with Crippen LogP contribution in [0.25, 0.3) is 11.1 Å². The van der Waals surface area contributed by atoms with E-state index in [9.17, 15) is 20.1 Å². The molecule has 0 amide bonds. The van der Waals surface area contributed by atoms with Crippen LogP contribution in [-0.2, 0) is 35.5 Å². The molecule has 0 saturated heterocycles. The van der Waals surface area contributed by atoms with Gasteiger partial charge in [-0.15, -0.1) is 0 Å². The van der Waals surface area contributed by atoms with Gasteiger partial charge in [-0.2, -0.15) is 0 Å². The first-order chi connectivity index (χ1) is 24.3. The van der Waals surface area contributed by atoms with E-state index < -0.39 is 6.10 Å². The van der Waals surface area contributed by atoms with Gasteiger partial charge < -0.3 is 39.6 Å². The predicted molar refractivity (Wildman–Crippen MR) is 189 cm³/mol. The zero-order valence-electron chi connectivity index (χ0n) is 28.8. The van der Waals surface area contributed by atoms with Crippen LogP contribution in [0, 0.1) is 5.92 Å². The van der Waals surface area contributed by atoms with Crippen LogP contribution in [0.3, 0.4) is 0 Å². The molecule has 0 bridgehead atoms. The topological polar surface area (TPSA) is 127 Å². The number of hydrogen-bond donors (Lipinski definition) is 4. The van der Waals surface area contributed by atoms with Crippen LogP contribution in [-0.4, -0.2) is 42.1 Å². The number of phenolic OH excluding ortho intramolecular Hbond substituents is 2. The van der Waals surface area contributed by atoms with E-state index in [0.717, 1.165) is 68.7 Å². The number of aromatic hydroxyl groups is 2. The Morgan fingerprint density at radius 2 is 1.76 bits per heavy atom. The van der Waals surface area contributed by atoms with E-state index in [0.29, 0.717) is 36.8 Å². The lowest BCUT2D eigenvalue weighted by Gasteiger charge is -2.28. The number of esters is 1. The Morgan fingerprint density at radius 3 is 2.50 bits per heavy atom. The van der Waals surface area contributed by atoms with Gasteiger partial charge in [0, 0.05) is 47.8 Å². The standard InChI is InChI=1S/C41H45NO8/c1-23(44)49-22-34-32-14-13-30-31(12-11-26-16-29(45)18-37(48-3)38(26)30)40(32)50-41(34)33-19-36(47-2)35(46)17-28(33)20-42-39(25-8-4-5-9-25)27-10-6-7-24(15-27)21-43/h6-7,10,13-19,25,34,39,41-43,45-46H,4-5,8-9,11-12,20-22H2,1-3H3/t34-,39+,41+/m0/s1. The number of ether oxygens (including phenoxy) is 4. The molecule has 9 heteroatoms. The molecule has 3 atom stereocenters. The van der Waals surface area contributed by atoms with E-state index in [1.807, 2.05) is 24.3 Å². The third-order valence-electron chi connectivity index (χ3n) is 10.7. The van der Waals surface area contributed by atoms with Crippen LogP contribution in [0.4, 0.5) is 0 Å². The zero-order valence-corrected chi connectivity index (χ0v) is 28.8. The van der Waals surface area contributed by atoms with E-state index in [1.54, 1.807) is 25.3 Å². The lowest BCUT2D eigenvalue weighted by Crippen LogP contribution is -2.28. The molecule has 0 aromatic heterocycles. The minimum absolute atomic E-state index is 0.0183. The van der Waals surface area contributed by atoms with Gasteiger partial charge in [0.1, 0.15) is 30.0 Å². The summed E-state index contributed by atoms with van der Waals surface area (Å²) in [5, 5.41) is 35.1. The first kappa shape index (κ1) is 33.8. The van der Waals surface area contributed by atoms with Crippen LogP contribution in [0.15, 0.2) is 60.7 Å². The molecule has 50 heavy (non-hydrogen) atoms.